The predicted molar refractivity (Wildman–Crippen MR) is 154 cm³/mol. The molecule has 0 aromatic heterocycles. The van der Waals surface area contributed by atoms with Crippen LogP contribution in [0, 0.1) is 62.6 Å². The Bertz CT molecular complexity index is 1090. The van der Waals surface area contributed by atoms with E-state index < -0.39 is 24.0 Å². The van der Waals surface area contributed by atoms with Gasteiger partial charge >= 0.3 is 11.9 Å². The van der Waals surface area contributed by atoms with Gasteiger partial charge in [0.15, 0.2) is 5.78 Å². The van der Waals surface area contributed by atoms with Crippen molar-refractivity contribution in [2.24, 2.45) is 62.6 Å². The Balaban J connectivity index is 1.44. The molecule has 0 amide bonds. The SMILES string of the molecule is C=C(C)[C@@H]1CC[C@]2(C(=O)O)CC[C@]3(C)[C@H](CC[C@@H]4[C@@]5(C)CC[C@H](C(=O)COCC(=O)O)C(C)(C)[C@@H]5CC[C@]43C)[C@@H]12. The zero-order chi connectivity index (χ0) is 29.5. The summed E-state index contributed by atoms with van der Waals surface area (Å²) >= 11 is 0. The van der Waals surface area contributed by atoms with Gasteiger partial charge in [-0.25, -0.2) is 4.79 Å². The molecular formula is C34H52O6. The number of Topliss-reactive ketones (excluding diaryl/α,β-unsaturated/α-hetero) is 1. The molecule has 5 aliphatic rings. The molecule has 2 N–H and O–H groups in total. The van der Waals surface area contributed by atoms with Gasteiger partial charge in [-0.1, -0.05) is 46.8 Å². The monoisotopic (exact) mass is 556 g/mol. The summed E-state index contributed by atoms with van der Waals surface area (Å²) in [5.74, 6) is 0.144. The largest absolute Gasteiger partial charge is 0.481 e. The van der Waals surface area contributed by atoms with Crippen molar-refractivity contribution < 1.29 is 29.3 Å². The molecule has 0 saturated heterocycles. The van der Waals surface area contributed by atoms with Crippen LogP contribution in [-0.2, 0) is 19.1 Å². The Morgan fingerprint density at radius 3 is 2.12 bits per heavy atom. The van der Waals surface area contributed by atoms with Crippen molar-refractivity contribution in [3.05, 3.63) is 12.2 Å². The lowest BCUT2D eigenvalue weighted by molar-refractivity contribution is -0.242. The van der Waals surface area contributed by atoms with Crippen molar-refractivity contribution in [2.45, 2.75) is 106 Å². The van der Waals surface area contributed by atoms with Crippen LogP contribution in [-0.4, -0.2) is 41.1 Å². The second-order valence-corrected chi connectivity index (χ2v) is 15.9. The van der Waals surface area contributed by atoms with E-state index in [0.29, 0.717) is 23.7 Å². The summed E-state index contributed by atoms with van der Waals surface area (Å²) in [6, 6.07) is 0. The smallest absolute Gasteiger partial charge is 0.329 e. The Morgan fingerprint density at radius 2 is 1.50 bits per heavy atom. The third-order valence-corrected chi connectivity index (χ3v) is 14.4. The van der Waals surface area contributed by atoms with E-state index in [9.17, 15) is 19.5 Å². The molecule has 0 heterocycles. The van der Waals surface area contributed by atoms with Crippen LogP contribution in [0.15, 0.2) is 12.2 Å². The van der Waals surface area contributed by atoms with E-state index >= 15 is 0 Å². The van der Waals surface area contributed by atoms with E-state index in [1.54, 1.807) is 0 Å². The van der Waals surface area contributed by atoms with Crippen molar-refractivity contribution in [1.29, 1.82) is 0 Å². The Labute approximate surface area is 240 Å². The summed E-state index contributed by atoms with van der Waals surface area (Å²) in [4.78, 5) is 37.0. The predicted octanol–water partition coefficient (Wildman–Crippen LogP) is 7.02. The number of carboxylic acids is 2. The second kappa shape index (κ2) is 9.67. The number of carbonyl (C=O) groups is 3. The lowest BCUT2D eigenvalue weighted by Gasteiger charge is -2.72. The Kier molecular flexibility index (Phi) is 7.20. The lowest BCUT2D eigenvalue weighted by atomic mass is 9.32. The third kappa shape index (κ3) is 3.93. The van der Waals surface area contributed by atoms with Crippen molar-refractivity contribution in [3.63, 3.8) is 0 Å². The quantitative estimate of drug-likeness (QED) is 0.327. The minimum atomic E-state index is -1.05. The zero-order valence-corrected chi connectivity index (χ0v) is 25.7. The van der Waals surface area contributed by atoms with Gasteiger partial charge < -0.3 is 14.9 Å². The van der Waals surface area contributed by atoms with Crippen molar-refractivity contribution >= 4 is 17.7 Å². The van der Waals surface area contributed by atoms with Crippen LogP contribution in [0.1, 0.15) is 106 Å². The number of allylic oxidation sites excluding steroid dienone is 1. The van der Waals surface area contributed by atoms with E-state index in [4.69, 9.17) is 9.84 Å². The summed E-state index contributed by atoms with van der Waals surface area (Å²) < 4.78 is 5.23. The molecule has 0 aromatic carbocycles. The third-order valence-electron chi connectivity index (χ3n) is 14.4. The van der Waals surface area contributed by atoms with Gasteiger partial charge in [-0.15, -0.1) is 0 Å². The summed E-state index contributed by atoms with van der Waals surface area (Å²) in [7, 11) is 0. The molecule has 5 aliphatic carbocycles. The first kappa shape index (κ1) is 29.8. The highest BCUT2D eigenvalue weighted by Gasteiger charge is 2.72. The first-order chi connectivity index (χ1) is 18.6. The summed E-state index contributed by atoms with van der Waals surface area (Å²) in [5.41, 5.74) is 0.725. The maximum Gasteiger partial charge on any atom is 0.329 e. The van der Waals surface area contributed by atoms with E-state index in [1.807, 2.05) is 0 Å². The first-order valence-electron chi connectivity index (χ1n) is 15.8. The molecule has 0 spiro atoms. The fraction of sp³-hybridized carbons (Fsp3) is 0.853. The molecule has 6 heteroatoms. The van der Waals surface area contributed by atoms with Gasteiger partial charge in [0.25, 0.3) is 0 Å². The number of carboxylic acid groups (broad SMARTS) is 2. The number of fused-ring (bicyclic) bond motifs is 7. The van der Waals surface area contributed by atoms with E-state index in [2.05, 4.69) is 48.1 Å². The highest BCUT2D eigenvalue weighted by molar-refractivity contribution is 5.83. The van der Waals surface area contributed by atoms with Crippen LogP contribution in [0.25, 0.3) is 0 Å². The highest BCUT2D eigenvalue weighted by atomic mass is 16.5. The molecule has 0 bridgehead atoms. The number of ketones is 1. The average molecular weight is 557 g/mol. The number of carbonyl (C=O) groups excluding carboxylic acids is 1. The van der Waals surface area contributed by atoms with Crippen LogP contribution in [0.3, 0.4) is 0 Å². The fourth-order valence-electron chi connectivity index (χ4n) is 12.4. The molecule has 0 unspecified atom stereocenters. The van der Waals surface area contributed by atoms with Gasteiger partial charge in [0.2, 0.25) is 0 Å². The van der Waals surface area contributed by atoms with E-state index in [-0.39, 0.29) is 45.9 Å². The molecule has 0 radical (unpaired) electrons. The van der Waals surface area contributed by atoms with Crippen LogP contribution >= 0.6 is 0 Å². The molecule has 0 aliphatic heterocycles. The van der Waals surface area contributed by atoms with Crippen LogP contribution < -0.4 is 0 Å². The molecule has 5 fully saturated rings. The molecular weight excluding hydrogens is 504 g/mol. The number of hydrogen-bond donors (Lipinski definition) is 2. The van der Waals surface area contributed by atoms with Gasteiger partial charge in [0.1, 0.15) is 13.2 Å². The maximum absolute atomic E-state index is 13.3. The zero-order valence-electron chi connectivity index (χ0n) is 25.7. The minimum absolute atomic E-state index is 0.0432. The number of hydrogen-bond acceptors (Lipinski definition) is 4. The van der Waals surface area contributed by atoms with Crippen LogP contribution in [0.5, 0.6) is 0 Å². The molecule has 5 saturated carbocycles. The van der Waals surface area contributed by atoms with E-state index in [0.717, 1.165) is 69.8 Å². The standard InChI is InChI=1S/C34H52O6/c1-20(2)21-10-15-34(29(38)39)17-16-32(6)23(28(21)34)8-9-26-31(5)13-11-22(24(35)18-40-19-27(36)37)30(3,4)25(31)12-14-33(26,32)7/h21-23,25-26,28H,1,8-19H2,2-7H3,(H,36,37)(H,38,39)/t21-,22+,23+,25-,26+,28+,31-,32+,33+,34-/m0/s1. The average Bonchev–Trinajstić information content (AvgIpc) is 3.25. The minimum Gasteiger partial charge on any atom is -0.481 e. The molecule has 5 rings (SSSR count). The Hall–Kier alpha value is -1.69. The lowest BCUT2D eigenvalue weighted by Crippen LogP contribution is -2.67. The van der Waals surface area contributed by atoms with Gasteiger partial charge in [0, 0.05) is 5.92 Å². The first-order valence-corrected chi connectivity index (χ1v) is 15.8. The van der Waals surface area contributed by atoms with Crippen molar-refractivity contribution in [3.8, 4) is 0 Å². The summed E-state index contributed by atoms with van der Waals surface area (Å²) in [6.45, 7) is 18.0. The van der Waals surface area contributed by atoms with Gasteiger partial charge in [-0.3, -0.25) is 9.59 Å². The maximum atomic E-state index is 13.3. The summed E-state index contributed by atoms with van der Waals surface area (Å²) in [6.07, 6.45) is 9.78. The molecule has 10 atom stereocenters. The van der Waals surface area contributed by atoms with Crippen LogP contribution in [0.4, 0.5) is 0 Å². The van der Waals surface area contributed by atoms with Crippen LogP contribution in [0.2, 0.25) is 0 Å². The van der Waals surface area contributed by atoms with Gasteiger partial charge in [-0.2, -0.15) is 0 Å². The van der Waals surface area contributed by atoms with E-state index in [1.165, 1.54) is 0 Å². The fourth-order valence-corrected chi connectivity index (χ4v) is 12.4. The number of aliphatic carboxylic acids is 2. The van der Waals surface area contributed by atoms with Gasteiger partial charge in [-0.05, 0) is 122 Å². The topological polar surface area (TPSA) is 101 Å². The molecule has 224 valence electrons. The number of ether oxygens (including phenoxy) is 1. The summed E-state index contributed by atoms with van der Waals surface area (Å²) in [5, 5.41) is 19.5. The van der Waals surface area contributed by atoms with Crippen molar-refractivity contribution in [1.82, 2.24) is 0 Å². The number of rotatable bonds is 7. The second-order valence-electron chi connectivity index (χ2n) is 15.9. The highest BCUT2D eigenvalue weighted by Crippen LogP contribution is 2.77. The van der Waals surface area contributed by atoms with Crippen molar-refractivity contribution in [2.75, 3.05) is 13.2 Å². The normalized spacial score (nSPS) is 47.2. The Morgan fingerprint density at radius 1 is 0.800 bits per heavy atom. The molecule has 0 aromatic rings. The van der Waals surface area contributed by atoms with Gasteiger partial charge in [0.05, 0.1) is 5.41 Å². The molecule has 6 nitrogen and oxygen atoms in total. The molecule has 40 heavy (non-hydrogen) atoms.